The zero-order valence-corrected chi connectivity index (χ0v) is 15.6. The van der Waals surface area contributed by atoms with Crippen LogP contribution in [-0.4, -0.2) is 31.8 Å². The highest BCUT2D eigenvalue weighted by atomic mass is 19.1. The molecule has 0 saturated carbocycles. The minimum absolute atomic E-state index is 0.0395. The molecule has 0 radical (unpaired) electrons. The Morgan fingerprint density at radius 3 is 2.46 bits per heavy atom. The number of halogens is 2. The normalized spacial score (nSPS) is 12.4. The summed E-state index contributed by atoms with van der Waals surface area (Å²) in [6.07, 6.45) is 0.670. The zero-order chi connectivity index (χ0) is 20.4. The molecule has 0 aliphatic heterocycles. The largest absolute Gasteiger partial charge is 0.451 e. The van der Waals surface area contributed by atoms with Gasteiger partial charge >= 0.3 is 0 Å². The molecule has 0 unspecified atom stereocenters. The van der Waals surface area contributed by atoms with Crippen LogP contribution in [0.2, 0.25) is 0 Å². The topological polar surface area (TPSA) is 89.3 Å². The maximum atomic E-state index is 13.4. The lowest BCUT2D eigenvalue weighted by atomic mass is 10.3. The van der Waals surface area contributed by atoms with Gasteiger partial charge in [-0.25, -0.2) is 13.8 Å². The summed E-state index contributed by atoms with van der Waals surface area (Å²) in [6, 6.07) is 4.13. The van der Waals surface area contributed by atoms with Gasteiger partial charge in [0, 0.05) is 35.8 Å². The van der Waals surface area contributed by atoms with Crippen molar-refractivity contribution in [3.05, 3.63) is 52.5 Å². The van der Waals surface area contributed by atoms with Gasteiger partial charge in [0.05, 0.1) is 12.6 Å². The monoisotopic (exact) mass is 390 g/mol. The van der Waals surface area contributed by atoms with Gasteiger partial charge in [0.15, 0.2) is 5.75 Å². The van der Waals surface area contributed by atoms with E-state index in [2.05, 4.69) is 15.3 Å². The van der Waals surface area contributed by atoms with E-state index >= 15 is 0 Å². The molecule has 0 amide bonds. The van der Waals surface area contributed by atoms with E-state index < -0.39 is 23.3 Å². The third-order valence-electron chi connectivity index (χ3n) is 3.72. The third-order valence-corrected chi connectivity index (χ3v) is 3.72. The Bertz CT molecular complexity index is 1050. The minimum atomic E-state index is -0.834. The van der Waals surface area contributed by atoms with E-state index in [1.54, 1.807) is 0 Å². The fourth-order valence-electron chi connectivity index (χ4n) is 2.68. The number of fused-ring (bicyclic) bond motifs is 1. The number of rotatable bonds is 6. The number of ether oxygens (including phenoxy) is 1. The van der Waals surface area contributed by atoms with Gasteiger partial charge in [-0.2, -0.15) is 4.98 Å². The summed E-state index contributed by atoms with van der Waals surface area (Å²) in [5.74, 6) is -1.63. The van der Waals surface area contributed by atoms with Gasteiger partial charge in [-0.15, -0.1) is 0 Å². The van der Waals surface area contributed by atoms with Crippen molar-refractivity contribution < 1.29 is 18.6 Å². The lowest BCUT2D eigenvalue weighted by Crippen LogP contribution is -2.27. The van der Waals surface area contributed by atoms with Crippen LogP contribution in [0.1, 0.15) is 20.8 Å². The second kappa shape index (κ2) is 7.89. The number of aliphatic hydroxyl groups excluding tert-OH is 1. The highest BCUT2D eigenvalue weighted by Crippen LogP contribution is 2.24. The average molecular weight is 390 g/mol. The predicted molar refractivity (Wildman–Crippen MR) is 101 cm³/mol. The first-order valence-electron chi connectivity index (χ1n) is 8.72. The van der Waals surface area contributed by atoms with Gasteiger partial charge in [-0.05, 0) is 26.8 Å². The molecule has 2 aromatic heterocycles. The molecule has 3 rings (SSSR count). The van der Waals surface area contributed by atoms with E-state index in [0.717, 1.165) is 12.1 Å². The van der Waals surface area contributed by atoms with Crippen LogP contribution in [0.15, 0.2) is 35.3 Å². The van der Waals surface area contributed by atoms with Crippen molar-refractivity contribution in [1.82, 2.24) is 14.5 Å². The third kappa shape index (κ3) is 4.42. The summed E-state index contributed by atoms with van der Waals surface area (Å²) in [7, 11) is 0. The van der Waals surface area contributed by atoms with Gasteiger partial charge in [0.2, 0.25) is 5.95 Å². The van der Waals surface area contributed by atoms with Crippen molar-refractivity contribution in [2.75, 3.05) is 5.32 Å². The number of hydrogen-bond acceptors (Lipinski definition) is 6. The number of pyridine rings is 1. The molecule has 0 bridgehead atoms. The zero-order valence-electron chi connectivity index (χ0n) is 15.6. The molecule has 7 nitrogen and oxygen atoms in total. The van der Waals surface area contributed by atoms with Gasteiger partial charge in [0.1, 0.15) is 23.0 Å². The van der Waals surface area contributed by atoms with Crippen molar-refractivity contribution >= 4 is 17.0 Å². The van der Waals surface area contributed by atoms with Gasteiger partial charge in [0.25, 0.3) is 5.56 Å². The first kappa shape index (κ1) is 19.7. The molecule has 0 fully saturated rings. The number of aromatic nitrogens is 3. The second-order valence-electron chi connectivity index (χ2n) is 6.75. The quantitative estimate of drug-likeness (QED) is 0.673. The fraction of sp³-hybridized carbons (Fsp3) is 0.316. The number of nitrogens with zero attached hydrogens (tertiary/aromatic N) is 3. The van der Waals surface area contributed by atoms with E-state index in [9.17, 15) is 18.7 Å². The first-order valence-corrected chi connectivity index (χ1v) is 8.72. The van der Waals surface area contributed by atoms with E-state index in [1.807, 2.05) is 13.8 Å². The van der Waals surface area contributed by atoms with Crippen molar-refractivity contribution in [2.24, 2.45) is 0 Å². The Morgan fingerprint density at radius 1 is 1.18 bits per heavy atom. The van der Waals surface area contributed by atoms with E-state index in [4.69, 9.17) is 4.74 Å². The van der Waals surface area contributed by atoms with Gasteiger partial charge < -0.3 is 15.2 Å². The van der Waals surface area contributed by atoms with Crippen molar-refractivity contribution in [3.63, 3.8) is 0 Å². The summed E-state index contributed by atoms with van der Waals surface area (Å²) >= 11 is 0. The van der Waals surface area contributed by atoms with E-state index in [-0.39, 0.29) is 24.1 Å². The lowest BCUT2D eigenvalue weighted by Gasteiger charge is -2.15. The van der Waals surface area contributed by atoms with E-state index in [1.165, 1.54) is 23.8 Å². The number of nitrogens with one attached hydrogen (secondary N) is 1. The minimum Gasteiger partial charge on any atom is -0.451 e. The predicted octanol–water partition coefficient (Wildman–Crippen LogP) is 3.06. The summed E-state index contributed by atoms with van der Waals surface area (Å²) < 4.78 is 33.5. The van der Waals surface area contributed by atoms with Crippen LogP contribution in [0.25, 0.3) is 11.0 Å². The van der Waals surface area contributed by atoms with Crippen LogP contribution in [0.4, 0.5) is 14.7 Å². The van der Waals surface area contributed by atoms with Crippen LogP contribution in [-0.2, 0) is 6.54 Å². The fourth-order valence-corrected chi connectivity index (χ4v) is 2.68. The maximum absolute atomic E-state index is 13.4. The molecule has 0 aliphatic carbocycles. The molecule has 9 heteroatoms. The molecule has 3 aromatic rings. The van der Waals surface area contributed by atoms with Crippen LogP contribution < -0.4 is 15.6 Å². The summed E-state index contributed by atoms with van der Waals surface area (Å²) in [5.41, 5.74) is -0.283. The number of aliphatic hydroxyl groups is 1. The smallest absolute Gasteiger partial charge is 0.295 e. The molecule has 2 N–H and O–H groups in total. The first-order chi connectivity index (χ1) is 13.2. The number of benzene rings is 1. The molecule has 0 spiro atoms. The Morgan fingerprint density at radius 2 is 1.86 bits per heavy atom. The van der Waals surface area contributed by atoms with Crippen molar-refractivity contribution in [1.29, 1.82) is 0 Å². The van der Waals surface area contributed by atoms with Crippen molar-refractivity contribution in [3.8, 4) is 11.5 Å². The average Bonchev–Trinajstić information content (AvgIpc) is 2.57. The standard InChI is InChI=1S/C19H20F2N4O3/c1-10(2)23-19-22-8-12-4-16(28-15-6-13(20)5-14(21)7-15)18(27)25(9-11(3)26)17(12)24-19/h4-8,10-11,26H,9H2,1-3H3,(H,22,23,24)/t11-/m0/s1. The lowest BCUT2D eigenvalue weighted by molar-refractivity contribution is 0.173. The van der Waals surface area contributed by atoms with Crippen LogP contribution >= 0.6 is 0 Å². The van der Waals surface area contributed by atoms with E-state index in [0.29, 0.717) is 23.0 Å². The number of hydrogen-bond donors (Lipinski definition) is 2. The Labute approximate surface area is 159 Å². The summed E-state index contributed by atoms with van der Waals surface area (Å²) in [6.45, 7) is 5.33. The Balaban J connectivity index is 2.13. The van der Waals surface area contributed by atoms with Gasteiger partial charge in [-0.1, -0.05) is 0 Å². The number of anilines is 1. The molecular formula is C19H20F2N4O3. The molecule has 148 valence electrons. The summed E-state index contributed by atoms with van der Waals surface area (Å²) in [4.78, 5) is 21.4. The Hall–Kier alpha value is -3.07. The SMILES string of the molecule is CC(C)Nc1ncc2cc(Oc3cc(F)cc(F)c3)c(=O)n(C[C@H](C)O)c2n1. The molecule has 0 saturated heterocycles. The molecule has 1 atom stereocenters. The summed E-state index contributed by atoms with van der Waals surface area (Å²) in [5, 5.41) is 13.3. The van der Waals surface area contributed by atoms with Crippen LogP contribution in [0.5, 0.6) is 11.5 Å². The van der Waals surface area contributed by atoms with Crippen LogP contribution in [0, 0.1) is 11.6 Å². The molecule has 28 heavy (non-hydrogen) atoms. The molecule has 1 aromatic carbocycles. The maximum Gasteiger partial charge on any atom is 0.295 e. The van der Waals surface area contributed by atoms with Gasteiger partial charge in [-0.3, -0.25) is 9.36 Å². The van der Waals surface area contributed by atoms with Crippen molar-refractivity contribution in [2.45, 2.75) is 39.5 Å². The molecule has 2 heterocycles. The Kier molecular flexibility index (Phi) is 5.55. The molecule has 0 aliphatic rings. The molecular weight excluding hydrogens is 370 g/mol. The second-order valence-corrected chi connectivity index (χ2v) is 6.75. The van der Waals surface area contributed by atoms with Crippen LogP contribution in [0.3, 0.4) is 0 Å². The highest BCUT2D eigenvalue weighted by molar-refractivity contribution is 5.77. The highest BCUT2D eigenvalue weighted by Gasteiger charge is 2.16.